The zero-order chi connectivity index (χ0) is 23.4. The van der Waals surface area contributed by atoms with Gasteiger partial charge in [-0.05, 0) is 60.5 Å². The number of aromatic carboxylic acids is 1. The van der Waals surface area contributed by atoms with Crippen LogP contribution in [0.5, 0.6) is 11.5 Å². The summed E-state index contributed by atoms with van der Waals surface area (Å²) in [5.74, 6) is -0.178. The molecule has 4 rings (SSSR count). The molecular weight excluding hydrogens is 420 g/mol. The van der Waals surface area contributed by atoms with Crippen molar-refractivity contribution in [1.82, 2.24) is 0 Å². The average Bonchev–Trinajstić information content (AvgIpc) is 3.12. The predicted octanol–water partition coefficient (Wildman–Crippen LogP) is 4.78. The summed E-state index contributed by atoms with van der Waals surface area (Å²) in [5, 5.41) is 14.9. The maximum atomic E-state index is 12.9. The molecule has 7 nitrogen and oxygen atoms in total. The number of ether oxygens (including phenoxy) is 2. The Bertz CT molecular complexity index is 1260. The summed E-state index contributed by atoms with van der Waals surface area (Å²) in [7, 11) is 1.54. The molecule has 1 N–H and O–H groups in total. The number of carbonyl (C=O) groups excluding carboxylic acids is 1. The number of hydrazone groups is 1. The Balaban J connectivity index is 1.53. The van der Waals surface area contributed by atoms with E-state index in [9.17, 15) is 9.59 Å². The molecule has 0 bridgehead atoms. The Kier molecular flexibility index (Phi) is 6.22. The highest BCUT2D eigenvalue weighted by atomic mass is 16.5. The number of rotatable bonds is 7. The van der Waals surface area contributed by atoms with E-state index in [4.69, 9.17) is 14.6 Å². The number of nitrogens with zero attached hydrogens (tertiary/aromatic N) is 2. The standard InChI is InChI=1S/C26H22N2O5/c1-17-22(25(29)28(27-17)21-9-4-3-5-10-21)14-18-11-12-23(24(15-18)32-2)33-16-19-7-6-8-20(13-19)26(30)31/h3-15H,16H2,1-2H3,(H,30,31)/b22-14+. The van der Waals surface area contributed by atoms with Crippen molar-refractivity contribution in [2.24, 2.45) is 5.10 Å². The molecule has 3 aromatic rings. The van der Waals surface area contributed by atoms with E-state index >= 15 is 0 Å². The van der Waals surface area contributed by atoms with Crippen molar-refractivity contribution in [3.63, 3.8) is 0 Å². The van der Waals surface area contributed by atoms with Gasteiger partial charge in [-0.3, -0.25) is 4.79 Å². The molecule has 1 heterocycles. The van der Waals surface area contributed by atoms with Gasteiger partial charge in [0.1, 0.15) is 6.61 Å². The van der Waals surface area contributed by atoms with Crippen molar-refractivity contribution in [2.45, 2.75) is 13.5 Å². The summed E-state index contributed by atoms with van der Waals surface area (Å²) >= 11 is 0. The minimum Gasteiger partial charge on any atom is -0.493 e. The normalized spacial score (nSPS) is 14.4. The van der Waals surface area contributed by atoms with Crippen molar-refractivity contribution in [3.05, 3.63) is 95.1 Å². The molecule has 3 aromatic carbocycles. The topological polar surface area (TPSA) is 88.4 Å². The van der Waals surface area contributed by atoms with E-state index in [-0.39, 0.29) is 18.1 Å². The van der Waals surface area contributed by atoms with Gasteiger partial charge in [0.2, 0.25) is 0 Å². The smallest absolute Gasteiger partial charge is 0.335 e. The molecule has 7 heteroatoms. The van der Waals surface area contributed by atoms with Crippen LogP contribution in [0.3, 0.4) is 0 Å². The highest BCUT2D eigenvalue weighted by Crippen LogP contribution is 2.31. The molecule has 0 fully saturated rings. The lowest BCUT2D eigenvalue weighted by atomic mass is 10.1. The van der Waals surface area contributed by atoms with Crippen LogP contribution in [-0.4, -0.2) is 29.8 Å². The lowest BCUT2D eigenvalue weighted by Crippen LogP contribution is -2.21. The van der Waals surface area contributed by atoms with Gasteiger partial charge in [0.15, 0.2) is 11.5 Å². The number of anilines is 1. The fourth-order valence-electron chi connectivity index (χ4n) is 3.44. The monoisotopic (exact) mass is 442 g/mol. The third-order valence-corrected chi connectivity index (χ3v) is 5.13. The van der Waals surface area contributed by atoms with Crippen LogP contribution < -0.4 is 14.5 Å². The van der Waals surface area contributed by atoms with Crippen LogP contribution in [0.25, 0.3) is 6.08 Å². The first-order chi connectivity index (χ1) is 16.0. The van der Waals surface area contributed by atoms with Crippen LogP contribution in [0.15, 0.2) is 83.5 Å². The van der Waals surface area contributed by atoms with Crippen LogP contribution in [-0.2, 0) is 11.4 Å². The second-order valence-corrected chi connectivity index (χ2v) is 7.40. The predicted molar refractivity (Wildman–Crippen MR) is 126 cm³/mol. The maximum Gasteiger partial charge on any atom is 0.335 e. The van der Waals surface area contributed by atoms with Gasteiger partial charge >= 0.3 is 5.97 Å². The summed E-state index contributed by atoms with van der Waals surface area (Å²) in [6, 6.07) is 21.2. The Morgan fingerprint density at radius 3 is 2.55 bits per heavy atom. The molecular formula is C26H22N2O5. The highest BCUT2D eigenvalue weighted by Gasteiger charge is 2.28. The third kappa shape index (κ3) is 4.77. The van der Waals surface area contributed by atoms with E-state index in [1.165, 1.54) is 18.2 Å². The molecule has 1 aliphatic heterocycles. The van der Waals surface area contributed by atoms with E-state index in [1.807, 2.05) is 36.4 Å². The molecule has 0 atom stereocenters. The Hall–Kier alpha value is -4.39. The number of hydrogen-bond donors (Lipinski definition) is 1. The number of carbonyl (C=O) groups is 2. The molecule has 33 heavy (non-hydrogen) atoms. The summed E-state index contributed by atoms with van der Waals surface area (Å²) in [6.45, 7) is 1.99. The largest absolute Gasteiger partial charge is 0.493 e. The number of para-hydroxylation sites is 1. The summed E-state index contributed by atoms with van der Waals surface area (Å²) < 4.78 is 11.3. The van der Waals surface area contributed by atoms with Gasteiger partial charge in [0, 0.05) is 0 Å². The molecule has 0 unspecified atom stereocenters. The molecule has 0 radical (unpaired) electrons. The van der Waals surface area contributed by atoms with E-state index < -0.39 is 5.97 Å². The van der Waals surface area contributed by atoms with Gasteiger partial charge in [0.25, 0.3) is 5.91 Å². The zero-order valence-electron chi connectivity index (χ0n) is 18.2. The molecule has 0 saturated carbocycles. The first-order valence-electron chi connectivity index (χ1n) is 10.3. The maximum absolute atomic E-state index is 12.9. The molecule has 166 valence electrons. The fourth-order valence-corrected chi connectivity index (χ4v) is 3.44. The fraction of sp³-hybridized carbons (Fsp3) is 0.115. The number of hydrogen-bond acceptors (Lipinski definition) is 5. The van der Waals surface area contributed by atoms with Gasteiger partial charge in [-0.15, -0.1) is 0 Å². The molecule has 0 aromatic heterocycles. The number of carboxylic acid groups (broad SMARTS) is 1. The van der Waals surface area contributed by atoms with E-state index in [0.29, 0.717) is 28.5 Å². The van der Waals surface area contributed by atoms with Crippen LogP contribution >= 0.6 is 0 Å². The molecule has 0 spiro atoms. The number of carboxylic acids is 1. The highest BCUT2D eigenvalue weighted by molar-refractivity contribution is 6.32. The van der Waals surface area contributed by atoms with E-state index in [1.54, 1.807) is 43.3 Å². The van der Waals surface area contributed by atoms with Gasteiger partial charge in [0.05, 0.1) is 29.6 Å². The minimum atomic E-state index is -0.988. The van der Waals surface area contributed by atoms with Crippen molar-refractivity contribution in [3.8, 4) is 11.5 Å². The van der Waals surface area contributed by atoms with Crippen molar-refractivity contribution in [2.75, 3.05) is 12.1 Å². The van der Waals surface area contributed by atoms with Gasteiger partial charge in [-0.25, -0.2) is 4.79 Å². The SMILES string of the molecule is COc1cc(/C=C2/C(=O)N(c3ccccc3)N=C2C)ccc1OCc1cccc(C(=O)O)c1. The molecule has 1 aliphatic rings. The Morgan fingerprint density at radius 2 is 1.82 bits per heavy atom. The van der Waals surface area contributed by atoms with Crippen LogP contribution in [0.2, 0.25) is 0 Å². The Labute approximate surface area is 191 Å². The summed E-state index contributed by atoms with van der Waals surface area (Å²) in [4.78, 5) is 24.1. The molecule has 0 aliphatic carbocycles. The van der Waals surface area contributed by atoms with Crippen molar-refractivity contribution in [1.29, 1.82) is 0 Å². The first-order valence-corrected chi connectivity index (χ1v) is 10.3. The van der Waals surface area contributed by atoms with Gasteiger partial charge < -0.3 is 14.6 Å². The second kappa shape index (κ2) is 9.40. The minimum absolute atomic E-state index is 0.189. The van der Waals surface area contributed by atoms with Crippen LogP contribution in [0.4, 0.5) is 5.69 Å². The van der Waals surface area contributed by atoms with E-state index in [2.05, 4.69) is 5.10 Å². The summed E-state index contributed by atoms with van der Waals surface area (Å²) in [6.07, 6.45) is 1.77. The second-order valence-electron chi connectivity index (χ2n) is 7.40. The first kappa shape index (κ1) is 21.8. The van der Waals surface area contributed by atoms with Gasteiger partial charge in [-0.1, -0.05) is 36.4 Å². The number of methoxy groups -OCH3 is 1. The lowest BCUT2D eigenvalue weighted by molar-refractivity contribution is -0.114. The number of amides is 1. The lowest BCUT2D eigenvalue weighted by Gasteiger charge is -2.12. The van der Waals surface area contributed by atoms with Crippen molar-refractivity contribution >= 4 is 29.4 Å². The van der Waals surface area contributed by atoms with Crippen LogP contribution in [0, 0.1) is 0 Å². The molecule has 1 amide bonds. The average molecular weight is 442 g/mol. The quantitative estimate of drug-likeness (QED) is 0.532. The zero-order valence-corrected chi connectivity index (χ0v) is 18.2. The van der Waals surface area contributed by atoms with Crippen LogP contribution in [0.1, 0.15) is 28.4 Å². The van der Waals surface area contributed by atoms with Crippen molar-refractivity contribution < 1.29 is 24.2 Å². The van der Waals surface area contributed by atoms with E-state index in [0.717, 1.165) is 11.1 Å². The Morgan fingerprint density at radius 1 is 1.03 bits per heavy atom. The van der Waals surface area contributed by atoms with Gasteiger partial charge in [-0.2, -0.15) is 10.1 Å². The summed E-state index contributed by atoms with van der Waals surface area (Å²) in [5.41, 5.74) is 3.53. The number of benzene rings is 3. The molecule has 0 saturated heterocycles. The third-order valence-electron chi connectivity index (χ3n) is 5.13.